The van der Waals surface area contributed by atoms with E-state index >= 15 is 0 Å². The zero-order valence-corrected chi connectivity index (χ0v) is 11.2. The first-order chi connectivity index (χ1) is 8.29. The van der Waals surface area contributed by atoms with Crippen molar-refractivity contribution in [3.63, 3.8) is 0 Å². The molecule has 2 unspecified atom stereocenters. The van der Waals surface area contributed by atoms with Crippen molar-refractivity contribution < 1.29 is 0 Å². The van der Waals surface area contributed by atoms with Crippen molar-refractivity contribution in [2.45, 2.75) is 51.5 Å². The van der Waals surface area contributed by atoms with Crippen molar-refractivity contribution >= 4 is 0 Å². The van der Waals surface area contributed by atoms with E-state index in [4.69, 9.17) is 0 Å². The summed E-state index contributed by atoms with van der Waals surface area (Å²) in [5, 5.41) is 3.53. The van der Waals surface area contributed by atoms with Gasteiger partial charge >= 0.3 is 0 Å². The minimum Gasteiger partial charge on any atom is -0.317 e. The highest BCUT2D eigenvalue weighted by Gasteiger charge is 2.22. The number of rotatable bonds is 3. The Morgan fingerprint density at radius 2 is 1.76 bits per heavy atom. The molecule has 94 valence electrons. The van der Waals surface area contributed by atoms with Gasteiger partial charge in [-0.25, -0.2) is 0 Å². The molecule has 1 aliphatic carbocycles. The van der Waals surface area contributed by atoms with Crippen LogP contribution in [0.3, 0.4) is 0 Å². The highest BCUT2D eigenvalue weighted by atomic mass is 14.9. The predicted octanol–water partition coefficient (Wildman–Crippen LogP) is 3.71. The highest BCUT2D eigenvalue weighted by molar-refractivity contribution is 5.21. The van der Waals surface area contributed by atoms with Crippen LogP contribution in [0.5, 0.6) is 0 Å². The van der Waals surface area contributed by atoms with Crippen LogP contribution in [-0.2, 0) is 6.42 Å². The van der Waals surface area contributed by atoms with Crippen molar-refractivity contribution in [3.05, 3.63) is 35.4 Å². The summed E-state index contributed by atoms with van der Waals surface area (Å²) < 4.78 is 0. The summed E-state index contributed by atoms with van der Waals surface area (Å²) in [6, 6.07) is 9.79. The molecule has 0 aliphatic heterocycles. The third-order valence-corrected chi connectivity index (χ3v) is 4.15. The Balaban J connectivity index is 2.01. The second-order valence-electron chi connectivity index (χ2n) is 5.48. The van der Waals surface area contributed by atoms with E-state index in [1.807, 2.05) is 0 Å². The number of hydrogen-bond acceptors (Lipinski definition) is 1. The van der Waals surface area contributed by atoms with Gasteiger partial charge in [-0.1, -0.05) is 49.1 Å². The van der Waals surface area contributed by atoms with Crippen LogP contribution in [0.2, 0.25) is 0 Å². The standard InChI is InChI=1S/C16H25N/c1-13-8-10-14(11-9-13)12-15-6-4-3-5-7-16(15)17-2/h8-11,15-17H,3-7,12H2,1-2H3. The minimum atomic E-state index is 0.721. The Bertz CT molecular complexity index is 328. The molecule has 1 saturated carbocycles. The molecule has 2 atom stereocenters. The van der Waals surface area contributed by atoms with E-state index in [2.05, 4.69) is 43.6 Å². The summed E-state index contributed by atoms with van der Waals surface area (Å²) in [7, 11) is 2.12. The lowest BCUT2D eigenvalue weighted by molar-refractivity contribution is 0.350. The van der Waals surface area contributed by atoms with Crippen LogP contribution < -0.4 is 5.32 Å². The van der Waals surface area contributed by atoms with Gasteiger partial charge in [0.2, 0.25) is 0 Å². The van der Waals surface area contributed by atoms with Gasteiger partial charge in [0.1, 0.15) is 0 Å². The smallest absolute Gasteiger partial charge is 0.00955 e. The molecule has 2 rings (SSSR count). The molecule has 0 aromatic heterocycles. The van der Waals surface area contributed by atoms with Gasteiger partial charge in [0.05, 0.1) is 0 Å². The topological polar surface area (TPSA) is 12.0 Å². The van der Waals surface area contributed by atoms with Gasteiger partial charge in [-0.3, -0.25) is 0 Å². The average molecular weight is 231 g/mol. The summed E-state index contributed by atoms with van der Waals surface area (Å²) >= 11 is 0. The summed E-state index contributed by atoms with van der Waals surface area (Å²) in [5.74, 6) is 0.824. The largest absolute Gasteiger partial charge is 0.317 e. The zero-order valence-electron chi connectivity index (χ0n) is 11.2. The van der Waals surface area contributed by atoms with Crippen LogP contribution in [0, 0.1) is 12.8 Å². The van der Waals surface area contributed by atoms with Crippen molar-refractivity contribution in [1.29, 1.82) is 0 Å². The maximum atomic E-state index is 3.53. The van der Waals surface area contributed by atoms with Crippen molar-refractivity contribution in [2.75, 3.05) is 7.05 Å². The van der Waals surface area contributed by atoms with Gasteiger partial charge in [-0.2, -0.15) is 0 Å². The van der Waals surface area contributed by atoms with E-state index in [1.54, 1.807) is 0 Å². The van der Waals surface area contributed by atoms with E-state index in [0.29, 0.717) is 0 Å². The first kappa shape index (κ1) is 12.6. The predicted molar refractivity (Wildman–Crippen MR) is 74.3 cm³/mol. The lowest BCUT2D eigenvalue weighted by Gasteiger charge is -2.24. The average Bonchev–Trinajstić information content (AvgIpc) is 2.57. The fourth-order valence-corrected chi connectivity index (χ4v) is 3.04. The van der Waals surface area contributed by atoms with Gasteiger partial charge in [0, 0.05) is 6.04 Å². The molecule has 0 spiro atoms. The molecule has 1 nitrogen and oxygen atoms in total. The Labute approximate surface area is 106 Å². The molecule has 0 heterocycles. The molecular weight excluding hydrogens is 206 g/mol. The molecule has 1 aromatic carbocycles. The second-order valence-corrected chi connectivity index (χ2v) is 5.48. The monoisotopic (exact) mass is 231 g/mol. The molecule has 1 fully saturated rings. The molecule has 17 heavy (non-hydrogen) atoms. The molecule has 0 radical (unpaired) electrons. The van der Waals surface area contributed by atoms with Crippen LogP contribution >= 0.6 is 0 Å². The number of hydrogen-bond donors (Lipinski definition) is 1. The Morgan fingerprint density at radius 1 is 1.06 bits per heavy atom. The van der Waals surface area contributed by atoms with Crippen LogP contribution in [-0.4, -0.2) is 13.1 Å². The van der Waals surface area contributed by atoms with Crippen molar-refractivity contribution in [3.8, 4) is 0 Å². The fourth-order valence-electron chi connectivity index (χ4n) is 3.04. The molecule has 0 saturated heterocycles. The van der Waals surface area contributed by atoms with Crippen LogP contribution in [0.4, 0.5) is 0 Å². The van der Waals surface area contributed by atoms with Gasteiger partial charge in [-0.05, 0) is 44.7 Å². The third kappa shape index (κ3) is 3.57. The first-order valence-electron chi connectivity index (χ1n) is 7.02. The maximum Gasteiger partial charge on any atom is 0.00955 e. The van der Waals surface area contributed by atoms with Gasteiger partial charge in [0.25, 0.3) is 0 Å². The molecular formula is C16H25N. The quantitative estimate of drug-likeness (QED) is 0.782. The molecule has 1 N–H and O–H groups in total. The highest BCUT2D eigenvalue weighted by Crippen LogP contribution is 2.26. The fraction of sp³-hybridized carbons (Fsp3) is 0.625. The summed E-state index contributed by atoms with van der Waals surface area (Å²) in [5.41, 5.74) is 2.86. The third-order valence-electron chi connectivity index (χ3n) is 4.15. The SMILES string of the molecule is CNC1CCCCCC1Cc1ccc(C)cc1. The summed E-state index contributed by atoms with van der Waals surface area (Å²) in [6.07, 6.45) is 8.21. The normalized spacial score (nSPS) is 25.5. The number of aryl methyl sites for hydroxylation is 1. The van der Waals surface area contributed by atoms with Crippen LogP contribution in [0.1, 0.15) is 43.2 Å². The van der Waals surface area contributed by atoms with Crippen molar-refractivity contribution in [2.24, 2.45) is 5.92 Å². The number of nitrogens with one attached hydrogen (secondary N) is 1. The Morgan fingerprint density at radius 3 is 2.47 bits per heavy atom. The van der Waals surface area contributed by atoms with Gasteiger partial charge in [0.15, 0.2) is 0 Å². The molecule has 1 aromatic rings. The molecule has 1 heteroatoms. The lowest BCUT2D eigenvalue weighted by Crippen LogP contribution is -2.33. The minimum absolute atomic E-state index is 0.721. The van der Waals surface area contributed by atoms with Crippen molar-refractivity contribution in [1.82, 2.24) is 5.32 Å². The van der Waals surface area contributed by atoms with E-state index in [-0.39, 0.29) is 0 Å². The lowest BCUT2D eigenvalue weighted by atomic mass is 9.88. The van der Waals surface area contributed by atoms with E-state index in [0.717, 1.165) is 12.0 Å². The maximum absolute atomic E-state index is 3.53. The van der Waals surface area contributed by atoms with Gasteiger partial charge < -0.3 is 5.32 Å². The Kier molecular flexibility index (Phi) is 4.61. The van der Waals surface area contributed by atoms with E-state index in [1.165, 1.54) is 49.7 Å². The van der Waals surface area contributed by atoms with Gasteiger partial charge in [-0.15, -0.1) is 0 Å². The van der Waals surface area contributed by atoms with Crippen LogP contribution in [0.15, 0.2) is 24.3 Å². The zero-order chi connectivity index (χ0) is 12.1. The second kappa shape index (κ2) is 6.20. The first-order valence-corrected chi connectivity index (χ1v) is 7.02. The Hall–Kier alpha value is -0.820. The molecule has 0 bridgehead atoms. The van der Waals surface area contributed by atoms with E-state index < -0.39 is 0 Å². The van der Waals surface area contributed by atoms with E-state index in [9.17, 15) is 0 Å². The summed E-state index contributed by atoms with van der Waals surface area (Å²) in [4.78, 5) is 0. The number of benzene rings is 1. The molecule has 1 aliphatic rings. The molecule has 0 amide bonds. The summed E-state index contributed by atoms with van der Waals surface area (Å²) in [6.45, 7) is 2.16. The van der Waals surface area contributed by atoms with Crippen LogP contribution in [0.25, 0.3) is 0 Å².